The summed E-state index contributed by atoms with van der Waals surface area (Å²) in [4.78, 5) is 20.0. The first-order valence-electron chi connectivity index (χ1n) is 9.24. The van der Waals surface area contributed by atoms with Crippen LogP contribution in [-0.4, -0.2) is 26.5 Å². The fourth-order valence-electron chi connectivity index (χ4n) is 3.63. The number of aromatic nitrogens is 4. The molecule has 0 fully saturated rings. The molecule has 0 aromatic carbocycles. The summed E-state index contributed by atoms with van der Waals surface area (Å²) in [6.45, 7) is 7.81. The molecule has 0 radical (unpaired) electrons. The maximum absolute atomic E-state index is 13.1. The third kappa shape index (κ3) is 3.39. The van der Waals surface area contributed by atoms with E-state index in [2.05, 4.69) is 39.8 Å². The zero-order chi connectivity index (χ0) is 19.0. The van der Waals surface area contributed by atoms with Crippen LogP contribution in [0.4, 0.5) is 10.2 Å². The van der Waals surface area contributed by atoms with Gasteiger partial charge in [0.1, 0.15) is 11.6 Å². The number of halogens is 1. The fourth-order valence-corrected chi connectivity index (χ4v) is 3.63. The smallest absolute Gasteiger partial charge is 0.212 e. The van der Waals surface area contributed by atoms with Crippen molar-refractivity contribution in [1.82, 2.24) is 19.9 Å². The number of hydrogen-bond acceptors (Lipinski definition) is 5. The van der Waals surface area contributed by atoms with E-state index >= 15 is 0 Å². The minimum Gasteiger partial charge on any atom is -0.351 e. The molecule has 0 N–H and O–H groups in total. The highest BCUT2D eigenvalue weighted by atomic mass is 19.1. The molecule has 0 aliphatic carbocycles. The van der Waals surface area contributed by atoms with Crippen molar-refractivity contribution in [3.05, 3.63) is 64.9 Å². The van der Waals surface area contributed by atoms with Crippen LogP contribution >= 0.6 is 0 Å². The highest BCUT2D eigenvalue weighted by molar-refractivity contribution is 5.63. The van der Waals surface area contributed by atoms with Gasteiger partial charge in [-0.1, -0.05) is 6.92 Å². The second-order valence-corrected chi connectivity index (χ2v) is 6.89. The average Bonchev–Trinajstić information content (AvgIpc) is 2.69. The molecule has 0 saturated heterocycles. The first-order valence-corrected chi connectivity index (χ1v) is 9.24. The van der Waals surface area contributed by atoms with E-state index in [0.29, 0.717) is 0 Å². The fraction of sp³-hybridized carbons (Fsp3) is 0.333. The van der Waals surface area contributed by atoms with E-state index in [9.17, 15) is 4.39 Å². The largest absolute Gasteiger partial charge is 0.351 e. The van der Waals surface area contributed by atoms with Gasteiger partial charge in [0.15, 0.2) is 0 Å². The maximum atomic E-state index is 13.1. The van der Waals surface area contributed by atoms with Crippen LogP contribution in [0, 0.1) is 19.8 Å². The summed E-state index contributed by atoms with van der Waals surface area (Å²) < 4.78 is 13.1. The number of rotatable bonds is 3. The molecule has 0 spiro atoms. The minimum absolute atomic E-state index is 0.475. The van der Waals surface area contributed by atoms with Crippen molar-refractivity contribution in [1.29, 1.82) is 0 Å². The summed E-state index contributed by atoms with van der Waals surface area (Å²) in [5, 5.41) is 0. The van der Waals surface area contributed by atoms with Crippen molar-refractivity contribution in [2.45, 2.75) is 40.2 Å². The maximum Gasteiger partial charge on any atom is 0.212 e. The van der Waals surface area contributed by atoms with Gasteiger partial charge in [0.05, 0.1) is 0 Å². The Kier molecular flexibility index (Phi) is 4.56. The average molecular weight is 363 g/mol. The Balaban J connectivity index is 1.68. The number of pyridine rings is 2. The first-order chi connectivity index (χ1) is 13.0. The molecule has 0 bridgehead atoms. The third-order valence-electron chi connectivity index (χ3n) is 5.07. The van der Waals surface area contributed by atoms with Crippen LogP contribution in [-0.2, 0) is 19.4 Å². The van der Waals surface area contributed by atoms with Crippen LogP contribution in [0.25, 0.3) is 11.1 Å². The number of hydrogen-bond donors (Lipinski definition) is 0. The number of nitrogens with zero attached hydrogens (tertiary/aromatic N) is 5. The van der Waals surface area contributed by atoms with Gasteiger partial charge in [-0.15, -0.1) is 0 Å². The van der Waals surface area contributed by atoms with Crippen molar-refractivity contribution in [2.24, 2.45) is 0 Å². The lowest BCUT2D eigenvalue weighted by molar-refractivity contribution is 0.584. The molecule has 0 unspecified atom stereocenters. The molecule has 0 atom stereocenters. The van der Waals surface area contributed by atoms with Gasteiger partial charge in [-0.3, -0.25) is 4.98 Å². The second-order valence-electron chi connectivity index (χ2n) is 6.89. The van der Waals surface area contributed by atoms with Crippen molar-refractivity contribution in [3.63, 3.8) is 0 Å². The van der Waals surface area contributed by atoms with Crippen LogP contribution in [0.1, 0.15) is 35.3 Å². The van der Waals surface area contributed by atoms with Gasteiger partial charge < -0.3 is 4.90 Å². The quantitative estimate of drug-likeness (QED) is 0.662. The summed E-state index contributed by atoms with van der Waals surface area (Å²) >= 11 is 0. The predicted octanol–water partition coefficient (Wildman–Crippen LogP) is 3.81. The molecular formula is C21H22FN5. The van der Waals surface area contributed by atoms with Crippen molar-refractivity contribution in [2.75, 3.05) is 11.4 Å². The van der Waals surface area contributed by atoms with E-state index in [1.807, 2.05) is 13.1 Å². The summed E-state index contributed by atoms with van der Waals surface area (Å²) in [5.41, 5.74) is 6.37. The Bertz CT molecular complexity index is 985. The Labute approximate surface area is 158 Å². The molecule has 4 heterocycles. The van der Waals surface area contributed by atoms with Gasteiger partial charge >= 0.3 is 0 Å². The number of anilines is 1. The van der Waals surface area contributed by atoms with E-state index < -0.39 is 5.95 Å². The minimum atomic E-state index is -0.475. The van der Waals surface area contributed by atoms with Gasteiger partial charge in [0.25, 0.3) is 0 Å². The normalized spacial score (nSPS) is 13.6. The number of aryl methyl sites for hydroxylation is 2. The van der Waals surface area contributed by atoms with E-state index in [0.717, 1.165) is 65.7 Å². The Morgan fingerprint density at radius 1 is 1.07 bits per heavy atom. The highest BCUT2D eigenvalue weighted by Crippen LogP contribution is 2.28. The molecule has 6 heteroatoms. The van der Waals surface area contributed by atoms with Crippen LogP contribution in [0.5, 0.6) is 0 Å². The van der Waals surface area contributed by atoms with Gasteiger partial charge in [-0.25, -0.2) is 15.0 Å². The topological polar surface area (TPSA) is 54.8 Å². The zero-order valence-corrected chi connectivity index (χ0v) is 15.8. The standard InChI is InChI=1S/C21H22FN5/c1-4-18-13(2)21(26-14(3)25-18)27-8-7-19-17(12-27)9-16(11-23-19)15-5-6-20(22)24-10-15/h5-6,9-11H,4,7-8,12H2,1-3H3. The molecule has 0 amide bonds. The molecule has 1 aliphatic rings. The van der Waals surface area contributed by atoms with E-state index in [-0.39, 0.29) is 0 Å². The summed E-state index contributed by atoms with van der Waals surface area (Å²) in [6.07, 6.45) is 5.17. The molecule has 138 valence electrons. The van der Waals surface area contributed by atoms with E-state index in [1.54, 1.807) is 12.3 Å². The van der Waals surface area contributed by atoms with Gasteiger partial charge in [-0.05, 0) is 44.0 Å². The molecule has 27 heavy (non-hydrogen) atoms. The van der Waals surface area contributed by atoms with E-state index in [1.165, 1.54) is 11.6 Å². The molecule has 3 aromatic heterocycles. The lowest BCUT2D eigenvalue weighted by atomic mass is 10.0. The predicted molar refractivity (Wildman–Crippen MR) is 103 cm³/mol. The molecule has 3 aromatic rings. The Morgan fingerprint density at radius 3 is 2.63 bits per heavy atom. The zero-order valence-electron chi connectivity index (χ0n) is 15.8. The molecule has 0 saturated carbocycles. The molecule has 1 aliphatic heterocycles. The summed E-state index contributed by atoms with van der Waals surface area (Å²) in [7, 11) is 0. The van der Waals surface area contributed by atoms with Crippen molar-refractivity contribution in [3.8, 4) is 11.1 Å². The third-order valence-corrected chi connectivity index (χ3v) is 5.07. The van der Waals surface area contributed by atoms with Gasteiger partial charge in [0.2, 0.25) is 5.95 Å². The Hall–Kier alpha value is -2.89. The van der Waals surface area contributed by atoms with Crippen LogP contribution in [0.15, 0.2) is 30.6 Å². The summed E-state index contributed by atoms with van der Waals surface area (Å²) in [6, 6.07) is 5.24. The van der Waals surface area contributed by atoms with Gasteiger partial charge in [-0.2, -0.15) is 4.39 Å². The van der Waals surface area contributed by atoms with Crippen LogP contribution < -0.4 is 4.90 Å². The first kappa shape index (κ1) is 17.5. The van der Waals surface area contributed by atoms with Crippen molar-refractivity contribution < 1.29 is 4.39 Å². The lowest BCUT2D eigenvalue weighted by Crippen LogP contribution is -2.32. The highest BCUT2D eigenvalue weighted by Gasteiger charge is 2.22. The Morgan fingerprint density at radius 2 is 1.89 bits per heavy atom. The molecular weight excluding hydrogens is 341 g/mol. The summed E-state index contributed by atoms with van der Waals surface area (Å²) in [5.74, 6) is 1.35. The number of fused-ring (bicyclic) bond motifs is 1. The second kappa shape index (κ2) is 7.02. The monoisotopic (exact) mass is 363 g/mol. The SMILES string of the molecule is CCc1nc(C)nc(N2CCc3ncc(-c4ccc(F)nc4)cc3C2)c1C. The molecule has 4 rings (SSSR count). The van der Waals surface area contributed by atoms with E-state index in [4.69, 9.17) is 4.98 Å². The lowest BCUT2D eigenvalue weighted by Gasteiger charge is -2.31. The molecule has 5 nitrogen and oxygen atoms in total. The van der Waals surface area contributed by atoms with Crippen LogP contribution in [0.3, 0.4) is 0 Å². The van der Waals surface area contributed by atoms with Crippen LogP contribution in [0.2, 0.25) is 0 Å². The van der Waals surface area contributed by atoms with Gasteiger partial charge in [0, 0.05) is 60.0 Å². The van der Waals surface area contributed by atoms with Crippen molar-refractivity contribution >= 4 is 5.82 Å².